The topological polar surface area (TPSA) is 244 Å². The quantitative estimate of drug-likeness (QED) is 0.0889. The van der Waals surface area contributed by atoms with Crippen LogP contribution in [0.25, 0.3) is 55.9 Å². The van der Waals surface area contributed by atoms with Gasteiger partial charge in [-0.15, -0.1) is 0 Å². The van der Waals surface area contributed by atoms with Gasteiger partial charge in [0.1, 0.15) is 34.1 Å². The first kappa shape index (κ1) is 51.0. The van der Waals surface area contributed by atoms with Crippen LogP contribution < -0.4 is 21.3 Å². The van der Waals surface area contributed by atoms with Crippen LogP contribution in [0.4, 0.5) is 11.6 Å². The molecule has 0 spiro atoms. The van der Waals surface area contributed by atoms with Gasteiger partial charge in [0.05, 0.1) is 62.4 Å². The second-order valence-electron chi connectivity index (χ2n) is 20.3. The van der Waals surface area contributed by atoms with Crippen molar-refractivity contribution < 1.29 is 29.3 Å². The van der Waals surface area contributed by atoms with Gasteiger partial charge in [-0.25, -0.2) is 19.9 Å². The van der Waals surface area contributed by atoms with Crippen LogP contribution in [0.2, 0.25) is 0 Å². The average Bonchev–Trinajstić information content (AvgIpc) is 4.26. The number of hydrogen-bond donors (Lipinski definition) is 6. The highest BCUT2D eigenvalue weighted by Crippen LogP contribution is 2.33. The van der Waals surface area contributed by atoms with Crippen LogP contribution in [0.3, 0.4) is 0 Å². The minimum absolute atomic E-state index is 0.0522. The summed E-state index contributed by atoms with van der Waals surface area (Å²) in [7, 11) is 3.66. The number of anilines is 2. The van der Waals surface area contributed by atoms with Crippen LogP contribution in [-0.4, -0.2) is 184 Å². The highest BCUT2D eigenvalue weighted by molar-refractivity contribution is 6.02. The number of aliphatic hydroxyl groups excluding tert-OH is 2. The molecule has 2 amide bonds. The van der Waals surface area contributed by atoms with E-state index in [-0.39, 0.29) is 36.1 Å². The van der Waals surface area contributed by atoms with Crippen molar-refractivity contribution in [2.75, 3.05) is 90.4 Å². The Hall–Kier alpha value is -7.08. The van der Waals surface area contributed by atoms with Gasteiger partial charge in [0, 0.05) is 137 Å². The van der Waals surface area contributed by atoms with Gasteiger partial charge < -0.3 is 50.1 Å². The SMILES string of the molecule is CNc1cc(-c2cn(CCN3CCOCC3)c3ncccc23)nc2c(C(=O)N[C@@H]3CCC[C@@H](O)C3)cnn12.CNc1cc(-c2cn(CCN3CCOCC3)c3ncccc23)nc2c(C(=O)N[C@H]3CCC[C@H](O)C3)cnn12. The lowest BCUT2D eigenvalue weighted by atomic mass is 9.93. The summed E-state index contributed by atoms with van der Waals surface area (Å²) < 4.78 is 18.7. The fraction of sp³-hybridized carbons (Fsp3) is 0.481. The van der Waals surface area contributed by atoms with E-state index in [1.54, 1.807) is 21.4 Å². The molecule has 4 atom stereocenters. The lowest BCUT2D eigenvalue weighted by molar-refractivity contribution is 0.0365. The first-order chi connectivity index (χ1) is 37.2. The zero-order valence-corrected chi connectivity index (χ0v) is 43.3. The van der Waals surface area contributed by atoms with Gasteiger partial charge in [-0.05, 0) is 75.6 Å². The third-order valence-electron chi connectivity index (χ3n) is 15.2. The molecule has 4 aliphatic rings. The van der Waals surface area contributed by atoms with Gasteiger partial charge in [0.15, 0.2) is 11.3 Å². The number of pyridine rings is 2. The first-order valence-corrected chi connectivity index (χ1v) is 26.8. The summed E-state index contributed by atoms with van der Waals surface area (Å²) in [5.74, 6) is 1.02. The van der Waals surface area contributed by atoms with Crippen LogP contribution in [0.15, 0.2) is 73.6 Å². The van der Waals surface area contributed by atoms with E-state index >= 15 is 0 Å². The van der Waals surface area contributed by atoms with E-state index in [0.29, 0.717) is 35.3 Å². The molecule has 22 nitrogen and oxygen atoms in total. The summed E-state index contributed by atoms with van der Waals surface area (Å²) in [5, 5.41) is 43.5. The van der Waals surface area contributed by atoms with Crippen LogP contribution in [0, 0.1) is 0 Å². The van der Waals surface area contributed by atoms with E-state index in [1.807, 2.05) is 50.8 Å². The molecule has 2 aliphatic heterocycles. The van der Waals surface area contributed by atoms with Crippen molar-refractivity contribution in [1.29, 1.82) is 0 Å². The molecule has 4 fully saturated rings. The summed E-state index contributed by atoms with van der Waals surface area (Å²) in [6.45, 7) is 10.3. The van der Waals surface area contributed by atoms with E-state index in [2.05, 4.69) is 84.9 Å². The monoisotopic (exact) mass is 1040 g/mol. The van der Waals surface area contributed by atoms with Gasteiger partial charge in [-0.3, -0.25) is 19.4 Å². The Kier molecular flexibility index (Phi) is 15.5. The molecule has 2 aliphatic carbocycles. The highest BCUT2D eigenvalue weighted by atomic mass is 16.5. The Labute approximate surface area is 439 Å². The average molecular weight is 1040 g/mol. The van der Waals surface area contributed by atoms with Gasteiger partial charge >= 0.3 is 0 Å². The van der Waals surface area contributed by atoms with Crippen molar-refractivity contribution in [3.8, 4) is 22.5 Å². The number of aromatic nitrogens is 10. The molecule has 0 bridgehead atoms. The molecule has 0 aromatic carbocycles. The van der Waals surface area contributed by atoms with Crippen LogP contribution >= 0.6 is 0 Å². The molecule has 22 heteroatoms. The summed E-state index contributed by atoms with van der Waals surface area (Å²) in [6, 6.07) is 11.8. The number of ether oxygens (including phenoxy) is 2. The normalized spacial score (nSPS) is 20.7. The Morgan fingerprint density at radius 2 is 1.04 bits per heavy atom. The highest BCUT2D eigenvalue weighted by Gasteiger charge is 2.28. The van der Waals surface area contributed by atoms with Gasteiger partial charge in [-0.1, -0.05) is 0 Å². The standard InChI is InChI=1S/2C27H34N8O3/c2*1-28-24-15-23(32-26-21(16-30-35(24)26)27(37)31-18-4-2-5-19(36)14-18)22-17-34(25-20(22)6-3-7-29-25)9-8-33-10-12-38-13-11-33/h2*3,6-7,15-19,28,36H,2,4-5,8-14H2,1H3,(H,31,37)/t2*18-,19-/m10/s1. The molecule has 0 unspecified atom stereocenters. The van der Waals surface area contributed by atoms with Crippen molar-refractivity contribution in [3.63, 3.8) is 0 Å². The minimum atomic E-state index is -0.368. The number of nitrogens with one attached hydrogen (secondary N) is 4. The Morgan fingerprint density at radius 1 is 0.605 bits per heavy atom. The second-order valence-corrected chi connectivity index (χ2v) is 20.3. The molecule has 10 heterocycles. The number of rotatable bonds is 14. The molecule has 76 heavy (non-hydrogen) atoms. The van der Waals surface area contributed by atoms with Crippen LogP contribution in [0.5, 0.6) is 0 Å². The van der Waals surface area contributed by atoms with Crippen molar-refractivity contribution in [2.24, 2.45) is 0 Å². The zero-order valence-electron chi connectivity index (χ0n) is 43.3. The number of carbonyl (C=O) groups is 2. The number of aliphatic hydroxyl groups is 2. The van der Waals surface area contributed by atoms with Crippen molar-refractivity contribution in [1.82, 2.24) is 68.7 Å². The summed E-state index contributed by atoms with van der Waals surface area (Å²) >= 11 is 0. The second kappa shape index (κ2) is 23.0. The molecule has 12 rings (SSSR count). The summed E-state index contributed by atoms with van der Waals surface area (Å²) in [6.07, 6.45) is 16.5. The summed E-state index contributed by atoms with van der Waals surface area (Å²) in [5.41, 5.74) is 7.01. The van der Waals surface area contributed by atoms with E-state index in [4.69, 9.17) is 19.4 Å². The van der Waals surface area contributed by atoms with Gasteiger partial charge in [0.25, 0.3) is 11.8 Å². The maximum atomic E-state index is 13.3. The molecule has 400 valence electrons. The van der Waals surface area contributed by atoms with E-state index < -0.39 is 0 Å². The maximum Gasteiger partial charge on any atom is 0.256 e. The van der Waals surface area contributed by atoms with Crippen molar-refractivity contribution in [2.45, 2.75) is 88.7 Å². The Balaban J connectivity index is 0.000000162. The largest absolute Gasteiger partial charge is 0.393 e. The molecule has 8 aromatic heterocycles. The summed E-state index contributed by atoms with van der Waals surface area (Å²) in [4.78, 5) is 50.6. The van der Waals surface area contributed by atoms with E-state index in [1.165, 1.54) is 0 Å². The number of carbonyl (C=O) groups excluding carboxylic acids is 2. The predicted molar refractivity (Wildman–Crippen MR) is 288 cm³/mol. The molecule has 0 radical (unpaired) electrons. The molecular formula is C54H68N16O6. The van der Waals surface area contributed by atoms with Crippen LogP contribution in [0.1, 0.15) is 72.1 Å². The fourth-order valence-corrected chi connectivity index (χ4v) is 11.1. The van der Waals surface area contributed by atoms with E-state index in [0.717, 1.165) is 174 Å². The lowest BCUT2D eigenvalue weighted by Gasteiger charge is -2.26. The van der Waals surface area contributed by atoms with E-state index in [9.17, 15) is 19.8 Å². The number of morpholine rings is 2. The fourth-order valence-electron chi connectivity index (χ4n) is 11.1. The minimum Gasteiger partial charge on any atom is -0.393 e. The number of amides is 2. The first-order valence-electron chi connectivity index (χ1n) is 26.8. The Morgan fingerprint density at radius 3 is 1.45 bits per heavy atom. The van der Waals surface area contributed by atoms with Crippen LogP contribution in [-0.2, 0) is 22.6 Å². The molecule has 6 N–H and O–H groups in total. The number of hydrogen-bond acceptors (Lipinski definition) is 16. The molecule has 2 saturated heterocycles. The molecule has 2 saturated carbocycles. The number of fused-ring (bicyclic) bond motifs is 4. The van der Waals surface area contributed by atoms with Gasteiger partial charge in [-0.2, -0.15) is 19.2 Å². The molecular weight excluding hydrogens is 969 g/mol. The third kappa shape index (κ3) is 11.0. The molecule has 8 aromatic rings. The maximum absolute atomic E-state index is 13.3. The predicted octanol–water partition coefficient (Wildman–Crippen LogP) is 4.31. The third-order valence-corrected chi connectivity index (χ3v) is 15.2. The number of nitrogens with zero attached hydrogens (tertiary/aromatic N) is 12. The van der Waals surface area contributed by atoms with Crippen molar-refractivity contribution >= 4 is 56.8 Å². The van der Waals surface area contributed by atoms with Gasteiger partial charge in [0.2, 0.25) is 0 Å². The van der Waals surface area contributed by atoms with Crippen molar-refractivity contribution in [3.05, 3.63) is 84.7 Å². The lowest BCUT2D eigenvalue weighted by Crippen LogP contribution is -2.39. The smallest absolute Gasteiger partial charge is 0.256 e. The Bertz CT molecular complexity index is 3100. The zero-order chi connectivity index (χ0) is 52.1.